The minimum atomic E-state index is -0.360. The summed E-state index contributed by atoms with van der Waals surface area (Å²) in [5.41, 5.74) is 1.36. The predicted molar refractivity (Wildman–Crippen MR) is 104 cm³/mol. The van der Waals surface area contributed by atoms with E-state index in [0.29, 0.717) is 28.7 Å². The molecule has 7 heteroatoms. The topological polar surface area (TPSA) is 58.6 Å². The van der Waals surface area contributed by atoms with Crippen molar-refractivity contribution in [2.45, 2.75) is 13.3 Å². The van der Waals surface area contributed by atoms with Gasteiger partial charge in [0.05, 0.1) is 29.4 Å². The molecule has 1 N–H and O–H groups in total. The normalized spacial score (nSPS) is 10.3. The van der Waals surface area contributed by atoms with E-state index in [-0.39, 0.29) is 18.4 Å². The molecule has 0 fully saturated rings. The Morgan fingerprint density at radius 2 is 1.77 bits per heavy atom. The molecule has 26 heavy (non-hydrogen) atoms. The molecule has 2 rings (SSSR count). The summed E-state index contributed by atoms with van der Waals surface area (Å²) in [4.78, 5) is 25.7. The summed E-state index contributed by atoms with van der Waals surface area (Å²) in [6.07, 6.45) is 0.608. The van der Waals surface area contributed by atoms with Crippen LogP contribution in [0.4, 0.5) is 5.69 Å². The number of rotatable bonds is 7. The van der Waals surface area contributed by atoms with Gasteiger partial charge in [0.2, 0.25) is 11.8 Å². The molecular formula is C19H20Cl2N2O3. The first-order valence-electron chi connectivity index (χ1n) is 8.03. The first-order chi connectivity index (χ1) is 12.4. The molecule has 0 bridgehead atoms. The van der Waals surface area contributed by atoms with E-state index in [0.717, 1.165) is 11.3 Å². The van der Waals surface area contributed by atoms with Crippen LogP contribution in [0, 0.1) is 0 Å². The molecule has 138 valence electrons. The van der Waals surface area contributed by atoms with Gasteiger partial charge in [-0.1, -0.05) is 41.4 Å². The third-order valence-electron chi connectivity index (χ3n) is 3.81. The van der Waals surface area contributed by atoms with Crippen molar-refractivity contribution in [2.24, 2.45) is 0 Å². The van der Waals surface area contributed by atoms with Gasteiger partial charge in [0.25, 0.3) is 0 Å². The molecule has 5 nitrogen and oxygen atoms in total. The van der Waals surface area contributed by atoms with E-state index in [4.69, 9.17) is 27.9 Å². The van der Waals surface area contributed by atoms with Crippen LogP contribution in [-0.2, 0) is 16.0 Å². The molecule has 0 radical (unpaired) electrons. The molecule has 0 saturated heterocycles. The zero-order chi connectivity index (χ0) is 19.1. The summed E-state index contributed by atoms with van der Waals surface area (Å²) in [5.74, 6) is 0.206. The van der Waals surface area contributed by atoms with E-state index < -0.39 is 0 Å². The lowest BCUT2D eigenvalue weighted by atomic mass is 10.1. The van der Waals surface area contributed by atoms with Gasteiger partial charge in [0, 0.05) is 13.5 Å². The van der Waals surface area contributed by atoms with Gasteiger partial charge in [0.1, 0.15) is 5.75 Å². The van der Waals surface area contributed by atoms with Crippen LogP contribution in [0.25, 0.3) is 0 Å². The SMILES string of the molecule is COc1cccc(CCN(CC(=O)Nc2c(Cl)cccc2Cl)C(C)=O)c1. The highest BCUT2D eigenvalue weighted by Crippen LogP contribution is 2.29. The standard InChI is InChI=1S/C19H20Cl2N2O3/c1-13(24)23(10-9-14-5-3-6-15(11-14)26-2)12-18(25)22-19-16(20)7-4-8-17(19)21/h3-8,11H,9-10,12H2,1-2H3,(H,22,25). The number of methoxy groups -OCH3 is 1. The molecule has 0 atom stereocenters. The Kier molecular flexibility index (Phi) is 7.30. The summed E-state index contributed by atoms with van der Waals surface area (Å²) in [6.45, 7) is 1.76. The minimum Gasteiger partial charge on any atom is -0.497 e. The van der Waals surface area contributed by atoms with E-state index in [1.165, 1.54) is 11.8 Å². The molecule has 0 heterocycles. The number of carbonyl (C=O) groups excluding carboxylic acids is 2. The molecule has 0 aliphatic heterocycles. The number of nitrogens with one attached hydrogen (secondary N) is 1. The van der Waals surface area contributed by atoms with Crippen molar-refractivity contribution in [3.63, 3.8) is 0 Å². The number of ether oxygens (including phenoxy) is 1. The number of halogens is 2. The van der Waals surface area contributed by atoms with E-state index in [1.54, 1.807) is 25.3 Å². The maximum atomic E-state index is 12.3. The van der Waals surface area contributed by atoms with Crippen molar-refractivity contribution in [2.75, 3.05) is 25.5 Å². The summed E-state index contributed by atoms with van der Waals surface area (Å²) < 4.78 is 5.19. The third kappa shape index (κ3) is 5.64. The molecule has 2 amide bonds. The largest absolute Gasteiger partial charge is 0.497 e. The predicted octanol–water partition coefficient (Wildman–Crippen LogP) is 4.03. The fourth-order valence-electron chi connectivity index (χ4n) is 2.41. The van der Waals surface area contributed by atoms with Crippen LogP contribution in [0.2, 0.25) is 10.0 Å². The summed E-state index contributed by atoms with van der Waals surface area (Å²) in [7, 11) is 1.60. The summed E-state index contributed by atoms with van der Waals surface area (Å²) in [6, 6.07) is 12.6. The first kappa shape index (κ1) is 20.1. The first-order valence-corrected chi connectivity index (χ1v) is 8.78. The second kappa shape index (κ2) is 9.46. The summed E-state index contributed by atoms with van der Waals surface area (Å²) in [5, 5.41) is 3.35. The van der Waals surface area contributed by atoms with E-state index >= 15 is 0 Å². The minimum absolute atomic E-state index is 0.0825. The van der Waals surface area contributed by atoms with Crippen molar-refractivity contribution in [3.05, 3.63) is 58.1 Å². The number of carbonyl (C=O) groups is 2. The van der Waals surface area contributed by atoms with Crippen molar-refractivity contribution in [3.8, 4) is 5.75 Å². The second-order valence-electron chi connectivity index (χ2n) is 5.69. The monoisotopic (exact) mass is 394 g/mol. The number of nitrogens with zero attached hydrogens (tertiary/aromatic N) is 1. The average molecular weight is 395 g/mol. The van der Waals surface area contributed by atoms with Crippen LogP contribution >= 0.6 is 23.2 Å². The smallest absolute Gasteiger partial charge is 0.244 e. The lowest BCUT2D eigenvalue weighted by Crippen LogP contribution is -2.38. The van der Waals surface area contributed by atoms with Crippen molar-refractivity contribution in [1.29, 1.82) is 0 Å². The molecule has 0 aromatic heterocycles. The average Bonchev–Trinajstić information content (AvgIpc) is 2.61. The maximum Gasteiger partial charge on any atom is 0.244 e. The fourth-order valence-corrected chi connectivity index (χ4v) is 2.90. The zero-order valence-corrected chi connectivity index (χ0v) is 16.1. The molecule has 0 aliphatic rings. The Bertz CT molecular complexity index is 776. The van der Waals surface area contributed by atoms with Crippen LogP contribution in [0.5, 0.6) is 5.75 Å². The highest BCUT2D eigenvalue weighted by molar-refractivity contribution is 6.39. The van der Waals surface area contributed by atoms with E-state index in [9.17, 15) is 9.59 Å². The van der Waals surface area contributed by atoms with Crippen LogP contribution in [0.3, 0.4) is 0 Å². The molecule has 0 unspecified atom stereocenters. The van der Waals surface area contributed by atoms with Crippen LogP contribution in [0.1, 0.15) is 12.5 Å². The van der Waals surface area contributed by atoms with Gasteiger partial charge in [0.15, 0.2) is 0 Å². The highest BCUT2D eigenvalue weighted by atomic mass is 35.5. The lowest BCUT2D eigenvalue weighted by Gasteiger charge is -2.21. The maximum absolute atomic E-state index is 12.3. The van der Waals surface area contributed by atoms with Crippen molar-refractivity contribution in [1.82, 2.24) is 4.90 Å². The van der Waals surface area contributed by atoms with Crippen LogP contribution < -0.4 is 10.1 Å². The van der Waals surface area contributed by atoms with Gasteiger partial charge in [-0.05, 0) is 36.2 Å². The Morgan fingerprint density at radius 3 is 2.38 bits per heavy atom. The third-order valence-corrected chi connectivity index (χ3v) is 4.44. The van der Waals surface area contributed by atoms with Crippen LogP contribution in [0.15, 0.2) is 42.5 Å². The van der Waals surface area contributed by atoms with Gasteiger partial charge < -0.3 is 15.0 Å². The number of benzene rings is 2. The van der Waals surface area contributed by atoms with Crippen LogP contribution in [-0.4, -0.2) is 36.9 Å². The Morgan fingerprint density at radius 1 is 1.12 bits per heavy atom. The Hall–Kier alpha value is -2.24. The highest BCUT2D eigenvalue weighted by Gasteiger charge is 2.16. The fraction of sp³-hybridized carbons (Fsp3) is 0.263. The molecule has 2 aromatic rings. The Labute approximate surface area is 162 Å². The molecule has 0 saturated carbocycles. The van der Waals surface area contributed by atoms with Crippen molar-refractivity contribution < 1.29 is 14.3 Å². The number of hydrogen-bond donors (Lipinski definition) is 1. The molecule has 0 aliphatic carbocycles. The van der Waals surface area contributed by atoms with E-state index in [2.05, 4.69) is 5.32 Å². The second-order valence-corrected chi connectivity index (χ2v) is 6.50. The van der Waals surface area contributed by atoms with Gasteiger partial charge in [-0.25, -0.2) is 0 Å². The quantitative estimate of drug-likeness (QED) is 0.770. The number of anilines is 1. The van der Waals surface area contributed by atoms with Crippen molar-refractivity contribution >= 4 is 40.7 Å². The Balaban J connectivity index is 1.99. The molecule has 2 aromatic carbocycles. The zero-order valence-electron chi connectivity index (χ0n) is 14.6. The van der Waals surface area contributed by atoms with Gasteiger partial charge in [-0.3, -0.25) is 9.59 Å². The molecule has 0 spiro atoms. The molecular weight excluding hydrogens is 375 g/mol. The van der Waals surface area contributed by atoms with Gasteiger partial charge in [-0.15, -0.1) is 0 Å². The number of para-hydroxylation sites is 1. The number of amides is 2. The summed E-state index contributed by atoms with van der Waals surface area (Å²) >= 11 is 12.1. The van der Waals surface area contributed by atoms with E-state index in [1.807, 2.05) is 24.3 Å². The number of hydrogen-bond acceptors (Lipinski definition) is 3. The lowest BCUT2D eigenvalue weighted by molar-refractivity contribution is -0.132. The van der Waals surface area contributed by atoms with Gasteiger partial charge in [-0.2, -0.15) is 0 Å². The van der Waals surface area contributed by atoms with Gasteiger partial charge >= 0.3 is 0 Å².